The van der Waals surface area contributed by atoms with E-state index < -0.39 is 17.5 Å². The third-order valence-corrected chi connectivity index (χ3v) is 5.23. The lowest BCUT2D eigenvalue weighted by Gasteiger charge is -2.13. The standard InChI is InChI=1S/C22H15F2N3O2S/c23-17-11-10-14(12-18(17)24)25-20(28)13-30-22-26-19-9-5-4-8-16(19)21(29)27(22)15-6-2-1-3-7-15/h1-12H,13H2,(H,25,28). The molecule has 0 fully saturated rings. The van der Waals surface area contributed by atoms with E-state index in [0.29, 0.717) is 21.7 Å². The van der Waals surface area contributed by atoms with Gasteiger partial charge in [-0.05, 0) is 36.4 Å². The summed E-state index contributed by atoms with van der Waals surface area (Å²) in [5.41, 5.74) is 1.06. The van der Waals surface area contributed by atoms with Crippen LogP contribution < -0.4 is 10.9 Å². The summed E-state index contributed by atoms with van der Waals surface area (Å²) in [4.78, 5) is 30.0. The number of benzene rings is 3. The van der Waals surface area contributed by atoms with Crippen LogP contribution in [0.25, 0.3) is 16.6 Å². The van der Waals surface area contributed by atoms with E-state index in [1.54, 1.807) is 48.5 Å². The van der Waals surface area contributed by atoms with Gasteiger partial charge in [-0.1, -0.05) is 42.1 Å². The molecule has 150 valence electrons. The van der Waals surface area contributed by atoms with Crippen molar-refractivity contribution in [1.82, 2.24) is 9.55 Å². The second-order valence-corrected chi connectivity index (χ2v) is 7.30. The number of hydrogen-bond acceptors (Lipinski definition) is 4. The number of amides is 1. The van der Waals surface area contributed by atoms with E-state index in [1.807, 2.05) is 6.07 Å². The van der Waals surface area contributed by atoms with E-state index in [1.165, 1.54) is 10.6 Å². The van der Waals surface area contributed by atoms with E-state index in [0.717, 1.165) is 23.9 Å². The SMILES string of the molecule is O=C(CSc1nc2ccccc2c(=O)n1-c1ccccc1)Nc1ccc(F)c(F)c1. The first-order valence-corrected chi connectivity index (χ1v) is 9.96. The minimum Gasteiger partial charge on any atom is -0.325 e. The zero-order valence-corrected chi connectivity index (χ0v) is 16.3. The molecule has 0 bridgehead atoms. The Balaban J connectivity index is 1.64. The van der Waals surface area contributed by atoms with Crippen molar-refractivity contribution in [2.45, 2.75) is 5.16 Å². The van der Waals surface area contributed by atoms with Crippen LogP contribution in [0.15, 0.2) is 82.7 Å². The molecule has 30 heavy (non-hydrogen) atoms. The molecular formula is C22H15F2N3O2S. The van der Waals surface area contributed by atoms with Crippen molar-refractivity contribution in [3.05, 3.63) is 94.8 Å². The molecule has 0 saturated carbocycles. The Morgan fingerprint density at radius 2 is 1.70 bits per heavy atom. The number of fused-ring (bicyclic) bond motifs is 1. The highest BCUT2D eigenvalue weighted by molar-refractivity contribution is 7.99. The van der Waals surface area contributed by atoms with Crippen LogP contribution in [-0.2, 0) is 4.79 Å². The Bertz CT molecular complexity index is 1290. The van der Waals surface area contributed by atoms with Crippen LogP contribution in [0.5, 0.6) is 0 Å². The number of nitrogens with zero attached hydrogens (tertiary/aromatic N) is 2. The van der Waals surface area contributed by atoms with Gasteiger partial charge in [0.1, 0.15) is 0 Å². The summed E-state index contributed by atoms with van der Waals surface area (Å²) < 4.78 is 27.8. The summed E-state index contributed by atoms with van der Waals surface area (Å²) in [5, 5.41) is 3.33. The average molecular weight is 423 g/mol. The quantitative estimate of drug-likeness (QED) is 0.382. The van der Waals surface area contributed by atoms with E-state index >= 15 is 0 Å². The van der Waals surface area contributed by atoms with Crippen LogP contribution in [0.3, 0.4) is 0 Å². The summed E-state index contributed by atoms with van der Waals surface area (Å²) in [7, 11) is 0. The number of aromatic nitrogens is 2. The molecule has 0 saturated heterocycles. The fourth-order valence-electron chi connectivity index (χ4n) is 2.91. The fraction of sp³-hybridized carbons (Fsp3) is 0.0455. The van der Waals surface area contributed by atoms with E-state index in [9.17, 15) is 18.4 Å². The molecule has 1 heterocycles. The fourth-order valence-corrected chi connectivity index (χ4v) is 3.73. The summed E-state index contributed by atoms with van der Waals surface area (Å²) in [5.74, 6) is -2.55. The normalized spacial score (nSPS) is 10.9. The average Bonchev–Trinajstić information content (AvgIpc) is 2.75. The number of para-hydroxylation sites is 2. The van der Waals surface area contributed by atoms with Gasteiger partial charge in [0.25, 0.3) is 5.56 Å². The molecule has 4 aromatic rings. The summed E-state index contributed by atoms with van der Waals surface area (Å²) in [6.07, 6.45) is 0. The van der Waals surface area contributed by atoms with Crippen LogP contribution in [0.4, 0.5) is 14.5 Å². The second kappa shape index (κ2) is 8.46. The van der Waals surface area contributed by atoms with Gasteiger partial charge in [0.15, 0.2) is 16.8 Å². The maximum atomic E-state index is 13.3. The van der Waals surface area contributed by atoms with Crippen LogP contribution in [0, 0.1) is 11.6 Å². The molecule has 4 rings (SSSR count). The lowest BCUT2D eigenvalue weighted by atomic mass is 10.2. The molecule has 3 aromatic carbocycles. The van der Waals surface area contributed by atoms with Crippen molar-refractivity contribution >= 4 is 34.3 Å². The lowest BCUT2D eigenvalue weighted by Crippen LogP contribution is -2.22. The summed E-state index contributed by atoms with van der Waals surface area (Å²) in [6, 6.07) is 19.1. The number of carbonyl (C=O) groups excluding carboxylic acids is 1. The van der Waals surface area contributed by atoms with Gasteiger partial charge in [-0.25, -0.2) is 13.8 Å². The third-order valence-electron chi connectivity index (χ3n) is 4.30. The lowest BCUT2D eigenvalue weighted by molar-refractivity contribution is -0.113. The smallest absolute Gasteiger partial charge is 0.266 e. The van der Waals surface area contributed by atoms with Gasteiger partial charge in [0.05, 0.1) is 22.3 Å². The van der Waals surface area contributed by atoms with Crippen molar-refractivity contribution in [1.29, 1.82) is 0 Å². The van der Waals surface area contributed by atoms with E-state index in [2.05, 4.69) is 10.3 Å². The highest BCUT2D eigenvalue weighted by Gasteiger charge is 2.15. The number of rotatable bonds is 5. The van der Waals surface area contributed by atoms with Gasteiger partial charge >= 0.3 is 0 Å². The second-order valence-electron chi connectivity index (χ2n) is 6.35. The molecule has 1 amide bonds. The van der Waals surface area contributed by atoms with Gasteiger partial charge in [0, 0.05) is 11.8 Å². The highest BCUT2D eigenvalue weighted by atomic mass is 32.2. The first-order chi connectivity index (χ1) is 14.5. The predicted molar refractivity (Wildman–Crippen MR) is 113 cm³/mol. The number of halogens is 2. The molecule has 0 aliphatic carbocycles. The van der Waals surface area contributed by atoms with E-state index in [-0.39, 0.29) is 17.0 Å². The maximum absolute atomic E-state index is 13.3. The van der Waals surface area contributed by atoms with Gasteiger partial charge in [-0.15, -0.1) is 0 Å². The number of anilines is 1. The van der Waals surface area contributed by atoms with Crippen LogP contribution in [0.1, 0.15) is 0 Å². The van der Waals surface area contributed by atoms with Gasteiger partial charge in [-0.3, -0.25) is 14.2 Å². The Hall–Kier alpha value is -3.52. The summed E-state index contributed by atoms with van der Waals surface area (Å²) in [6.45, 7) is 0. The molecule has 5 nitrogen and oxygen atoms in total. The molecule has 1 N–H and O–H groups in total. The number of hydrogen-bond donors (Lipinski definition) is 1. The van der Waals surface area contributed by atoms with Crippen LogP contribution in [-0.4, -0.2) is 21.2 Å². The van der Waals surface area contributed by atoms with Crippen molar-refractivity contribution in [2.75, 3.05) is 11.1 Å². The first kappa shape index (κ1) is 19.8. The molecule has 0 aliphatic heterocycles. The van der Waals surface area contributed by atoms with Gasteiger partial charge in [0.2, 0.25) is 5.91 Å². The molecule has 0 aliphatic rings. The van der Waals surface area contributed by atoms with Crippen molar-refractivity contribution in [3.63, 3.8) is 0 Å². The Kier molecular flexibility index (Phi) is 5.58. The zero-order valence-electron chi connectivity index (χ0n) is 15.5. The Morgan fingerprint density at radius 1 is 0.967 bits per heavy atom. The van der Waals surface area contributed by atoms with Crippen molar-refractivity contribution in [2.24, 2.45) is 0 Å². The Labute approximate surface area is 174 Å². The molecular weight excluding hydrogens is 408 g/mol. The first-order valence-electron chi connectivity index (χ1n) is 8.98. The molecule has 0 atom stereocenters. The minimum atomic E-state index is -1.05. The van der Waals surface area contributed by atoms with Crippen molar-refractivity contribution in [3.8, 4) is 5.69 Å². The maximum Gasteiger partial charge on any atom is 0.266 e. The van der Waals surface area contributed by atoms with Crippen molar-refractivity contribution < 1.29 is 13.6 Å². The topological polar surface area (TPSA) is 64.0 Å². The zero-order chi connectivity index (χ0) is 21.1. The predicted octanol–water partition coefficient (Wildman–Crippen LogP) is 4.39. The molecule has 0 radical (unpaired) electrons. The number of thioether (sulfide) groups is 1. The molecule has 0 unspecified atom stereocenters. The van der Waals surface area contributed by atoms with Gasteiger partial charge < -0.3 is 5.32 Å². The van der Waals surface area contributed by atoms with E-state index in [4.69, 9.17) is 0 Å². The summed E-state index contributed by atoms with van der Waals surface area (Å²) >= 11 is 1.08. The number of carbonyl (C=O) groups is 1. The highest BCUT2D eigenvalue weighted by Crippen LogP contribution is 2.22. The minimum absolute atomic E-state index is 0.0728. The molecule has 0 spiro atoms. The monoisotopic (exact) mass is 423 g/mol. The largest absolute Gasteiger partial charge is 0.325 e. The van der Waals surface area contributed by atoms with Gasteiger partial charge in [-0.2, -0.15) is 0 Å². The third kappa shape index (κ3) is 4.08. The molecule has 8 heteroatoms. The molecule has 1 aromatic heterocycles. The Morgan fingerprint density at radius 3 is 2.47 bits per heavy atom. The van der Waals surface area contributed by atoms with Crippen LogP contribution >= 0.6 is 11.8 Å². The number of nitrogens with one attached hydrogen (secondary N) is 1. The van der Waals surface area contributed by atoms with Crippen LogP contribution in [0.2, 0.25) is 0 Å².